The molecule has 1 N–H and O–H groups in total. The summed E-state index contributed by atoms with van der Waals surface area (Å²) in [5.74, 6) is 0. The Morgan fingerprint density at radius 3 is 2.80 bits per heavy atom. The molecule has 0 radical (unpaired) electrons. The zero-order valence-corrected chi connectivity index (χ0v) is 10.2. The molecular formula is C12H25N3. The van der Waals surface area contributed by atoms with Crippen LogP contribution in [0.3, 0.4) is 0 Å². The molecule has 0 amide bonds. The van der Waals surface area contributed by atoms with Crippen LogP contribution in [-0.2, 0) is 0 Å². The fourth-order valence-electron chi connectivity index (χ4n) is 2.55. The molecule has 0 aromatic carbocycles. The van der Waals surface area contributed by atoms with Crippen molar-refractivity contribution < 1.29 is 0 Å². The largest absolute Gasteiger partial charge is 0.314 e. The van der Waals surface area contributed by atoms with Crippen molar-refractivity contribution in [2.24, 2.45) is 0 Å². The van der Waals surface area contributed by atoms with Crippen molar-refractivity contribution in [3.63, 3.8) is 0 Å². The first kappa shape index (κ1) is 11.4. The van der Waals surface area contributed by atoms with E-state index in [1.807, 2.05) is 0 Å². The topological polar surface area (TPSA) is 18.5 Å². The van der Waals surface area contributed by atoms with Crippen molar-refractivity contribution in [1.29, 1.82) is 0 Å². The molecule has 2 fully saturated rings. The fourth-order valence-corrected chi connectivity index (χ4v) is 2.55. The average Bonchev–Trinajstić information content (AvgIpc) is 2.14. The summed E-state index contributed by atoms with van der Waals surface area (Å²) in [5.41, 5.74) is 0. The van der Waals surface area contributed by atoms with Crippen LogP contribution in [0.2, 0.25) is 0 Å². The Bertz CT molecular complexity index is 191. The first-order chi connectivity index (χ1) is 7.27. The SMILES string of the molecule is CN(CCC1CNCCN1C)C1CCC1. The highest BCUT2D eigenvalue weighted by atomic mass is 15.2. The quantitative estimate of drug-likeness (QED) is 0.741. The third-order valence-electron chi connectivity index (χ3n) is 4.16. The van der Waals surface area contributed by atoms with E-state index in [9.17, 15) is 0 Å². The molecule has 1 aliphatic carbocycles. The molecule has 88 valence electrons. The van der Waals surface area contributed by atoms with Gasteiger partial charge in [-0.2, -0.15) is 0 Å². The normalized spacial score (nSPS) is 29.4. The minimum absolute atomic E-state index is 0.751. The van der Waals surface area contributed by atoms with Crippen LogP contribution >= 0.6 is 0 Å². The third-order valence-corrected chi connectivity index (χ3v) is 4.16. The summed E-state index contributed by atoms with van der Waals surface area (Å²) in [6.45, 7) is 4.81. The van der Waals surface area contributed by atoms with Crippen molar-refractivity contribution in [2.75, 3.05) is 40.3 Å². The van der Waals surface area contributed by atoms with Gasteiger partial charge in [0.2, 0.25) is 0 Å². The van der Waals surface area contributed by atoms with E-state index in [4.69, 9.17) is 0 Å². The van der Waals surface area contributed by atoms with Crippen LogP contribution in [0, 0.1) is 0 Å². The van der Waals surface area contributed by atoms with Crippen LogP contribution in [-0.4, -0.2) is 62.2 Å². The molecule has 1 atom stereocenters. The lowest BCUT2D eigenvalue weighted by Gasteiger charge is -2.38. The number of hydrogen-bond donors (Lipinski definition) is 1. The fraction of sp³-hybridized carbons (Fsp3) is 1.00. The van der Waals surface area contributed by atoms with E-state index in [1.165, 1.54) is 45.3 Å². The summed E-state index contributed by atoms with van der Waals surface area (Å²) in [6, 6.07) is 1.65. The minimum Gasteiger partial charge on any atom is -0.314 e. The van der Waals surface area contributed by atoms with Crippen molar-refractivity contribution in [3.8, 4) is 0 Å². The second-order valence-corrected chi connectivity index (χ2v) is 5.19. The van der Waals surface area contributed by atoms with Gasteiger partial charge in [0.25, 0.3) is 0 Å². The molecule has 2 rings (SSSR count). The highest BCUT2D eigenvalue weighted by Crippen LogP contribution is 2.23. The highest BCUT2D eigenvalue weighted by Gasteiger charge is 2.24. The van der Waals surface area contributed by atoms with Crippen molar-refractivity contribution in [3.05, 3.63) is 0 Å². The average molecular weight is 211 g/mol. The molecule has 0 spiro atoms. The molecule has 3 heteroatoms. The van der Waals surface area contributed by atoms with Gasteiger partial charge in [-0.3, -0.25) is 0 Å². The number of nitrogens with one attached hydrogen (secondary N) is 1. The molecule has 1 saturated heterocycles. The summed E-state index contributed by atoms with van der Waals surface area (Å²) in [5, 5.41) is 3.49. The Morgan fingerprint density at radius 1 is 1.40 bits per heavy atom. The van der Waals surface area contributed by atoms with Gasteiger partial charge in [-0.15, -0.1) is 0 Å². The second kappa shape index (κ2) is 5.28. The van der Waals surface area contributed by atoms with Gasteiger partial charge in [-0.1, -0.05) is 6.42 Å². The number of rotatable bonds is 4. The summed E-state index contributed by atoms with van der Waals surface area (Å²) < 4.78 is 0. The third kappa shape index (κ3) is 2.92. The molecule has 3 nitrogen and oxygen atoms in total. The molecule has 1 saturated carbocycles. The molecule has 0 aromatic heterocycles. The molecule has 2 aliphatic rings. The van der Waals surface area contributed by atoms with Crippen LogP contribution in [0.25, 0.3) is 0 Å². The standard InChI is InChI=1S/C12H25N3/c1-14(11-4-3-5-11)8-6-12-10-13-7-9-15(12)2/h11-13H,3-10H2,1-2H3. The smallest absolute Gasteiger partial charge is 0.0230 e. The van der Waals surface area contributed by atoms with Gasteiger partial charge in [0.15, 0.2) is 0 Å². The number of likely N-dealkylation sites (N-methyl/N-ethyl adjacent to an activating group) is 1. The molecule has 1 unspecified atom stereocenters. The maximum Gasteiger partial charge on any atom is 0.0230 e. The lowest BCUT2D eigenvalue weighted by atomic mass is 9.91. The molecule has 1 aliphatic heterocycles. The minimum atomic E-state index is 0.751. The zero-order valence-electron chi connectivity index (χ0n) is 10.2. The van der Waals surface area contributed by atoms with Gasteiger partial charge < -0.3 is 15.1 Å². The van der Waals surface area contributed by atoms with Crippen molar-refractivity contribution >= 4 is 0 Å². The van der Waals surface area contributed by atoms with Gasteiger partial charge in [0.1, 0.15) is 0 Å². The Morgan fingerprint density at radius 2 is 2.20 bits per heavy atom. The molecule has 1 heterocycles. The van der Waals surface area contributed by atoms with Gasteiger partial charge in [0, 0.05) is 31.7 Å². The summed E-state index contributed by atoms with van der Waals surface area (Å²) in [6.07, 6.45) is 5.61. The number of piperazine rings is 1. The van der Waals surface area contributed by atoms with Crippen LogP contribution in [0.1, 0.15) is 25.7 Å². The lowest BCUT2D eigenvalue weighted by Crippen LogP contribution is -2.50. The van der Waals surface area contributed by atoms with E-state index in [-0.39, 0.29) is 0 Å². The maximum atomic E-state index is 3.49. The van der Waals surface area contributed by atoms with Crippen LogP contribution < -0.4 is 5.32 Å². The number of hydrogen-bond acceptors (Lipinski definition) is 3. The predicted molar refractivity (Wildman–Crippen MR) is 64.2 cm³/mol. The summed E-state index contributed by atoms with van der Waals surface area (Å²) >= 11 is 0. The van der Waals surface area contributed by atoms with Crippen LogP contribution in [0.5, 0.6) is 0 Å². The van der Waals surface area contributed by atoms with E-state index < -0.39 is 0 Å². The Labute approximate surface area is 93.8 Å². The van der Waals surface area contributed by atoms with Gasteiger partial charge in [-0.25, -0.2) is 0 Å². The van der Waals surface area contributed by atoms with Gasteiger partial charge in [-0.05, 0) is 39.9 Å². The van der Waals surface area contributed by atoms with Crippen LogP contribution in [0.4, 0.5) is 0 Å². The molecule has 0 aromatic rings. The Balaban J connectivity index is 1.67. The summed E-state index contributed by atoms with van der Waals surface area (Å²) in [4.78, 5) is 5.07. The monoisotopic (exact) mass is 211 g/mol. The van der Waals surface area contributed by atoms with Crippen LogP contribution in [0.15, 0.2) is 0 Å². The summed E-state index contributed by atoms with van der Waals surface area (Å²) in [7, 11) is 4.55. The van der Waals surface area contributed by atoms with E-state index in [0.717, 1.165) is 18.6 Å². The first-order valence-electron chi connectivity index (χ1n) is 6.38. The first-order valence-corrected chi connectivity index (χ1v) is 6.38. The number of nitrogens with zero attached hydrogens (tertiary/aromatic N) is 2. The van der Waals surface area contributed by atoms with E-state index in [2.05, 4.69) is 29.2 Å². The van der Waals surface area contributed by atoms with E-state index in [1.54, 1.807) is 0 Å². The van der Waals surface area contributed by atoms with Crippen molar-refractivity contribution in [1.82, 2.24) is 15.1 Å². The maximum absolute atomic E-state index is 3.49. The Hall–Kier alpha value is -0.120. The second-order valence-electron chi connectivity index (χ2n) is 5.19. The predicted octanol–water partition coefficient (Wildman–Crippen LogP) is 0.764. The molecular weight excluding hydrogens is 186 g/mol. The van der Waals surface area contributed by atoms with E-state index >= 15 is 0 Å². The zero-order chi connectivity index (χ0) is 10.7. The lowest BCUT2D eigenvalue weighted by molar-refractivity contribution is 0.127. The Kier molecular flexibility index (Phi) is 4.00. The van der Waals surface area contributed by atoms with Gasteiger partial charge >= 0.3 is 0 Å². The highest BCUT2D eigenvalue weighted by molar-refractivity contribution is 4.81. The molecule has 0 bridgehead atoms. The van der Waals surface area contributed by atoms with E-state index in [0.29, 0.717) is 0 Å². The van der Waals surface area contributed by atoms with Gasteiger partial charge in [0.05, 0.1) is 0 Å². The van der Waals surface area contributed by atoms with Crippen molar-refractivity contribution in [2.45, 2.75) is 37.8 Å². The molecule has 15 heavy (non-hydrogen) atoms.